The Morgan fingerprint density at radius 2 is 1.83 bits per heavy atom. The molecule has 0 unspecified atom stereocenters. The van der Waals surface area contributed by atoms with Crippen LogP contribution in [0, 0.1) is 20.8 Å². The van der Waals surface area contributed by atoms with Crippen LogP contribution in [0.15, 0.2) is 12.1 Å². The van der Waals surface area contributed by atoms with Gasteiger partial charge in [-0.05, 0) is 75.9 Å². The lowest BCUT2D eigenvalue weighted by Gasteiger charge is -2.12. The third kappa shape index (κ3) is 5.09. The smallest absolute Gasteiger partial charge is 0.122 e. The molecule has 0 aliphatic carbocycles. The molecule has 0 fully saturated rings. The van der Waals surface area contributed by atoms with Crippen molar-refractivity contribution in [3.05, 3.63) is 28.8 Å². The van der Waals surface area contributed by atoms with Crippen molar-refractivity contribution < 1.29 is 4.74 Å². The molecule has 0 aromatic heterocycles. The van der Waals surface area contributed by atoms with Crippen molar-refractivity contribution >= 4 is 0 Å². The van der Waals surface area contributed by atoms with Gasteiger partial charge in [0.05, 0.1) is 6.61 Å². The van der Waals surface area contributed by atoms with Gasteiger partial charge in [-0.1, -0.05) is 13.0 Å². The van der Waals surface area contributed by atoms with Crippen LogP contribution in [0.5, 0.6) is 5.75 Å². The number of hydrogen-bond donors (Lipinski definition) is 1. The van der Waals surface area contributed by atoms with Crippen LogP contribution in [-0.2, 0) is 0 Å². The molecule has 18 heavy (non-hydrogen) atoms. The number of hydrogen-bond acceptors (Lipinski definition) is 2. The Hall–Kier alpha value is -1.02. The number of aryl methyl sites for hydroxylation is 2. The summed E-state index contributed by atoms with van der Waals surface area (Å²) in [5, 5.41) is 3.41. The molecule has 2 heteroatoms. The molecule has 0 aliphatic heterocycles. The van der Waals surface area contributed by atoms with E-state index in [1.807, 2.05) is 0 Å². The monoisotopic (exact) mass is 249 g/mol. The van der Waals surface area contributed by atoms with Gasteiger partial charge in [0.15, 0.2) is 0 Å². The van der Waals surface area contributed by atoms with E-state index in [0.717, 1.165) is 31.9 Å². The van der Waals surface area contributed by atoms with Gasteiger partial charge in [0.25, 0.3) is 0 Å². The minimum atomic E-state index is 0.817. The summed E-state index contributed by atoms with van der Waals surface area (Å²) in [5.41, 5.74) is 3.86. The van der Waals surface area contributed by atoms with Crippen LogP contribution in [0.25, 0.3) is 0 Å². The van der Waals surface area contributed by atoms with Crippen LogP contribution in [0.4, 0.5) is 0 Å². The standard InChI is InChI=1S/C16H27NO/c1-5-8-17-9-6-7-10-18-16-12-13(2)11-14(3)15(16)4/h11-12,17H,5-10H2,1-4H3. The van der Waals surface area contributed by atoms with Crippen LogP contribution in [-0.4, -0.2) is 19.7 Å². The van der Waals surface area contributed by atoms with Crippen LogP contribution in [0.2, 0.25) is 0 Å². The largest absolute Gasteiger partial charge is 0.493 e. The van der Waals surface area contributed by atoms with Crippen molar-refractivity contribution in [3.8, 4) is 5.75 Å². The van der Waals surface area contributed by atoms with Gasteiger partial charge < -0.3 is 10.1 Å². The first-order valence-corrected chi connectivity index (χ1v) is 7.06. The van der Waals surface area contributed by atoms with Gasteiger partial charge in [0, 0.05) is 0 Å². The second-order valence-electron chi connectivity index (χ2n) is 5.01. The number of nitrogens with one attached hydrogen (secondary N) is 1. The van der Waals surface area contributed by atoms with Crippen molar-refractivity contribution in [3.63, 3.8) is 0 Å². The summed E-state index contributed by atoms with van der Waals surface area (Å²) in [6.07, 6.45) is 3.51. The molecule has 102 valence electrons. The Balaban J connectivity index is 2.27. The number of rotatable bonds is 8. The summed E-state index contributed by atoms with van der Waals surface area (Å²) in [4.78, 5) is 0. The first kappa shape index (κ1) is 15.0. The molecule has 0 aliphatic rings. The molecule has 1 N–H and O–H groups in total. The van der Waals surface area contributed by atoms with Gasteiger partial charge in [0.1, 0.15) is 5.75 Å². The van der Waals surface area contributed by atoms with E-state index in [-0.39, 0.29) is 0 Å². The normalized spacial score (nSPS) is 10.7. The van der Waals surface area contributed by atoms with Gasteiger partial charge in [-0.3, -0.25) is 0 Å². The molecular formula is C16H27NO. The average molecular weight is 249 g/mol. The molecule has 1 rings (SSSR count). The van der Waals surface area contributed by atoms with Crippen molar-refractivity contribution in [2.75, 3.05) is 19.7 Å². The molecule has 0 bridgehead atoms. The highest BCUT2D eigenvalue weighted by molar-refractivity contribution is 5.41. The summed E-state index contributed by atoms with van der Waals surface area (Å²) in [6, 6.07) is 4.34. The van der Waals surface area contributed by atoms with Gasteiger partial charge in [0.2, 0.25) is 0 Å². The maximum absolute atomic E-state index is 5.88. The minimum absolute atomic E-state index is 0.817. The van der Waals surface area contributed by atoms with Crippen molar-refractivity contribution in [1.82, 2.24) is 5.32 Å². The predicted molar refractivity (Wildman–Crippen MR) is 78.5 cm³/mol. The second-order valence-corrected chi connectivity index (χ2v) is 5.01. The molecule has 0 saturated carbocycles. The van der Waals surface area contributed by atoms with E-state index in [4.69, 9.17) is 4.74 Å². The van der Waals surface area contributed by atoms with Crippen LogP contribution >= 0.6 is 0 Å². The quantitative estimate of drug-likeness (QED) is 0.708. The van der Waals surface area contributed by atoms with E-state index < -0.39 is 0 Å². The SMILES string of the molecule is CCCNCCCCOc1cc(C)cc(C)c1C. The molecule has 0 amide bonds. The Morgan fingerprint density at radius 3 is 2.56 bits per heavy atom. The topological polar surface area (TPSA) is 21.3 Å². The fourth-order valence-electron chi connectivity index (χ4n) is 1.99. The zero-order valence-electron chi connectivity index (χ0n) is 12.3. The lowest BCUT2D eigenvalue weighted by atomic mass is 10.1. The summed E-state index contributed by atoms with van der Waals surface area (Å²) in [5.74, 6) is 1.05. The van der Waals surface area contributed by atoms with Crippen LogP contribution in [0.3, 0.4) is 0 Å². The molecular weight excluding hydrogens is 222 g/mol. The molecule has 1 aromatic carbocycles. The minimum Gasteiger partial charge on any atom is -0.493 e. The maximum atomic E-state index is 5.88. The van der Waals surface area contributed by atoms with Crippen molar-refractivity contribution in [1.29, 1.82) is 0 Å². The Kier molecular flexibility index (Phi) is 6.81. The summed E-state index contributed by atoms with van der Waals surface area (Å²) >= 11 is 0. The molecule has 0 spiro atoms. The van der Waals surface area contributed by atoms with E-state index >= 15 is 0 Å². The molecule has 0 heterocycles. The van der Waals surface area contributed by atoms with E-state index in [9.17, 15) is 0 Å². The molecule has 0 saturated heterocycles. The van der Waals surface area contributed by atoms with E-state index in [1.165, 1.54) is 29.5 Å². The molecule has 0 atom stereocenters. The van der Waals surface area contributed by atoms with Crippen LogP contribution < -0.4 is 10.1 Å². The van der Waals surface area contributed by atoms with Gasteiger partial charge in [-0.25, -0.2) is 0 Å². The fraction of sp³-hybridized carbons (Fsp3) is 0.625. The Morgan fingerprint density at radius 1 is 1.06 bits per heavy atom. The lowest BCUT2D eigenvalue weighted by molar-refractivity contribution is 0.303. The molecule has 2 nitrogen and oxygen atoms in total. The Bertz CT molecular complexity index is 360. The highest BCUT2D eigenvalue weighted by atomic mass is 16.5. The number of unbranched alkanes of at least 4 members (excludes halogenated alkanes) is 1. The first-order valence-electron chi connectivity index (χ1n) is 7.06. The van der Waals surface area contributed by atoms with Gasteiger partial charge in [-0.2, -0.15) is 0 Å². The Labute approximate surface area is 112 Å². The van der Waals surface area contributed by atoms with E-state index in [0.29, 0.717) is 0 Å². The number of benzene rings is 1. The summed E-state index contributed by atoms with van der Waals surface area (Å²) in [6.45, 7) is 11.6. The second kappa shape index (κ2) is 8.15. The average Bonchev–Trinajstić information content (AvgIpc) is 2.33. The summed E-state index contributed by atoms with van der Waals surface area (Å²) < 4.78 is 5.88. The predicted octanol–water partition coefficient (Wildman–Crippen LogP) is 3.77. The van der Waals surface area contributed by atoms with Crippen LogP contribution in [0.1, 0.15) is 42.9 Å². The third-order valence-electron chi connectivity index (χ3n) is 3.20. The first-order chi connectivity index (χ1) is 8.65. The third-order valence-corrected chi connectivity index (χ3v) is 3.20. The maximum Gasteiger partial charge on any atom is 0.122 e. The van der Waals surface area contributed by atoms with E-state index in [2.05, 4.69) is 45.1 Å². The zero-order chi connectivity index (χ0) is 13.4. The molecule has 1 aromatic rings. The van der Waals surface area contributed by atoms with Gasteiger partial charge >= 0.3 is 0 Å². The van der Waals surface area contributed by atoms with E-state index in [1.54, 1.807) is 0 Å². The highest BCUT2D eigenvalue weighted by Crippen LogP contribution is 2.23. The number of ether oxygens (including phenoxy) is 1. The fourth-order valence-corrected chi connectivity index (χ4v) is 1.99. The summed E-state index contributed by atoms with van der Waals surface area (Å²) in [7, 11) is 0. The highest BCUT2D eigenvalue weighted by Gasteiger charge is 2.03. The molecule has 0 radical (unpaired) electrons. The van der Waals surface area contributed by atoms with Crippen molar-refractivity contribution in [2.24, 2.45) is 0 Å². The van der Waals surface area contributed by atoms with Gasteiger partial charge in [-0.15, -0.1) is 0 Å². The zero-order valence-corrected chi connectivity index (χ0v) is 12.3. The lowest BCUT2D eigenvalue weighted by Crippen LogP contribution is -2.16. The van der Waals surface area contributed by atoms with Crippen molar-refractivity contribution in [2.45, 2.75) is 47.0 Å².